The van der Waals surface area contributed by atoms with E-state index in [4.69, 9.17) is 11.6 Å². The number of imide groups is 1. The second-order valence-electron chi connectivity index (χ2n) is 6.52. The number of carbonyl (C=O) groups excluding carboxylic acids is 2. The molecule has 5 rings (SSSR count). The highest BCUT2D eigenvalue weighted by atomic mass is 35.5. The molecule has 1 heterocycles. The number of anilines is 1. The van der Waals surface area contributed by atoms with E-state index < -0.39 is 35.4 Å². The number of rotatable bonds is 1. The van der Waals surface area contributed by atoms with Gasteiger partial charge in [-0.25, -0.2) is 4.90 Å². The molecule has 3 aliphatic carbocycles. The summed E-state index contributed by atoms with van der Waals surface area (Å²) in [6, 6.07) is 2.70. The second-order valence-corrected chi connectivity index (χ2v) is 6.92. The van der Waals surface area contributed by atoms with Gasteiger partial charge in [-0.05, 0) is 42.9 Å². The summed E-state index contributed by atoms with van der Waals surface area (Å²) in [5.41, 5.74) is -1.10. The first-order chi connectivity index (χ1) is 11.3. The summed E-state index contributed by atoms with van der Waals surface area (Å²) in [5, 5.41) is -0.0383. The number of hydrogen-bond acceptors (Lipinski definition) is 2. The van der Waals surface area contributed by atoms with Crippen LogP contribution in [-0.4, -0.2) is 11.8 Å². The third kappa shape index (κ3) is 2.12. The molecule has 1 saturated heterocycles. The van der Waals surface area contributed by atoms with E-state index in [1.165, 1.54) is 0 Å². The Hall–Kier alpha value is -1.82. The lowest BCUT2D eigenvalue weighted by Gasteiger charge is -2.38. The summed E-state index contributed by atoms with van der Waals surface area (Å²) in [4.78, 5) is 26.4. The SMILES string of the molecule is O=C1[C@@H]2[C@H](C(=O)N1c1cc(C(F)(F)F)ccc1Cl)[C@@H]1C=C[C@@H]2CC1. The fourth-order valence-electron chi connectivity index (χ4n) is 4.17. The molecule has 0 N–H and O–H groups in total. The minimum atomic E-state index is -4.57. The van der Waals surface area contributed by atoms with Crippen molar-refractivity contribution < 1.29 is 22.8 Å². The van der Waals surface area contributed by atoms with Crippen molar-refractivity contribution in [3.63, 3.8) is 0 Å². The molecule has 7 heteroatoms. The van der Waals surface area contributed by atoms with E-state index in [9.17, 15) is 22.8 Å². The van der Waals surface area contributed by atoms with E-state index in [0.717, 1.165) is 35.9 Å². The van der Waals surface area contributed by atoms with Crippen LogP contribution in [0, 0.1) is 23.7 Å². The zero-order valence-electron chi connectivity index (χ0n) is 12.4. The average molecular weight is 356 g/mol. The molecule has 2 amide bonds. The molecule has 0 radical (unpaired) electrons. The number of amides is 2. The maximum Gasteiger partial charge on any atom is 0.416 e. The number of benzene rings is 1. The molecule has 126 valence electrons. The van der Waals surface area contributed by atoms with Gasteiger partial charge in [0, 0.05) is 0 Å². The zero-order valence-corrected chi connectivity index (χ0v) is 13.1. The van der Waals surface area contributed by atoms with Crippen LogP contribution in [0.5, 0.6) is 0 Å². The molecule has 1 aromatic rings. The molecule has 0 aromatic heterocycles. The summed E-state index contributed by atoms with van der Waals surface area (Å²) < 4.78 is 38.9. The topological polar surface area (TPSA) is 37.4 Å². The molecule has 24 heavy (non-hydrogen) atoms. The van der Waals surface area contributed by atoms with E-state index in [-0.39, 0.29) is 22.5 Å². The van der Waals surface area contributed by atoms with Crippen molar-refractivity contribution in [3.8, 4) is 0 Å². The van der Waals surface area contributed by atoms with E-state index in [0.29, 0.717) is 0 Å². The van der Waals surface area contributed by atoms with E-state index in [2.05, 4.69) is 0 Å². The molecular weight excluding hydrogens is 343 g/mol. The highest BCUT2D eigenvalue weighted by Gasteiger charge is 2.57. The van der Waals surface area contributed by atoms with Crippen LogP contribution in [0.1, 0.15) is 18.4 Å². The molecule has 3 nitrogen and oxygen atoms in total. The van der Waals surface area contributed by atoms with Crippen LogP contribution in [0.25, 0.3) is 0 Å². The van der Waals surface area contributed by atoms with Crippen molar-refractivity contribution in [2.24, 2.45) is 23.7 Å². The molecule has 0 unspecified atom stereocenters. The monoisotopic (exact) mass is 355 g/mol. The van der Waals surface area contributed by atoms with E-state index in [1.807, 2.05) is 12.2 Å². The smallest absolute Gasteiger partial charge is 0.274 e. The number of fused-ring (bicyclic) bond motifs is 1. The third-order valence-electron chi connectivity index (χ3n) is 5.27. The Kier molecular flexibility index (Phi) is 3.33. The van der Waals surface area contributed by atoms with Crippen molar-refractivity contribution in [3.05, 3.63) is 40.9 Å². The highest BCUT2D eigenvalue weighted by Crippen LogP contribution is 2.51. The molecule has 4 atom stereocenters. The van der Waals surface area contributed by atoms with Gasteiger partial charge in [0.25, 0.3) is 0 Å². The number of hydrogen-bond donors (Lipinski definition) is 0. The van der Waals surface area contributed by atoms with Crippen molar-refractivity contribution >= 4 is 29.1 Å². The van der Waals surface area contributed by atoms with Gasteiger partial charge in [-0.3, -0.25) is 9.59 Å². The number of nitrogens with zero attached hydrogens (tertiary/aromatic N) is 1. The minimum absolute atomic E-state index is 0.0222. The Morgan fingerprint density at radius 3 is 2.00 bits per heavy atom. The molecule has 2 bridgehead atoms. The molecule has 1 saturated carbocycles. The fraction of sp³-hybridized carbons (Fsp3) is 0.412. The number of allylic oxidation sites excluding steroid dienone is 2. The van der Waals surface area contributed by atoms with E-state index in [1.54, 1.807) is 0 Å². The van der Waals surface area contributed by atoms with Crippen molar-refractivity contribution in [1.29, 1.82) is 0 Å². The van der Waals surface area contributed by atoms with Crippen molar-refractivity contribution in [1.82, 2.24) is 0 Å². The third-order valence-corrected chi connectivity index (χ3v) is 5.59. The van der Waals surface area contributed by atoms with Crippen LogP contribution >= 0.6 is 11.6 Å². The van der Waals surface area contributed by atoms with Crippen LogP contribution in [0.3, 0.4) is 0 Å². The van der Waals surface area contributed by atoms with Gasteiger partial charge in [0.1, 0.15) is 0 Å². The highest BCUT2D eigenvalue weighted by molar-refractivity contribution is 6.36. The van der Waals surface area contributed by atoms with Crippen molar-refractivity contribution in [2.75, 3.05) is 4.90 Å². The second kappa shape index (κ2) is 5.09. The Morgan fingerprint density at radius 1 is 1.00 bits per heavy atom. The van der Waals surface area contributed by atoms with Crippen LogP contribution < -0.4 is 4.90 Å². The maximum absolute atomic E-state index is 13.0. The van der Waals surface area contributed by atoms with Gasteiger partial charge in [-0.2, -0.15) is 13.2 Å². The summed E-state index contributed by atoms with van der Waals surface area (Å²) >= 11 is 6.01. The zero-order chi connectivity index (χ0) is 17.2. The standard InChI is InChI=1S/C17H13ClF3NO2/c18-11-6-5-10(17(19,20)21)7-12(11)22-15(23)13-8-1-2-9(4-3-8)14(13)16(22)24/h1-2,5-9,13-14H,3-4H2/t8-,9-,13-,14+/m1/s1. The summed E-state index contributed by atoms with van der Waals surface area (Å²) in [6.45, 7) is 0. The number of halogens is 4. The molecule has 2 fully saturated rings. The Labute approximate surface area is 141 Å². The van der Waals surface area contributed by atoms with Gasteiger partial charge in [-0.1, -0.05) is 23.8 Å². The normalized spacial score (nSPS) is 31.8. The van der Waals surface area contributed by atoms with Crippen LogP contribution in [-0.2, 0) is 15.8 Å². The Bertz CT molecular complexity index is 742. The molecular formula is C17H13ClF3NO2. The van der Waals surface area contributed by atoms with Gasteiger partial charge >= 0.3 is 6.18 Å². The Balaban J connectivity index is 1.78. The van der Waals surface area contributed by atoms with Crippen LogP contribution in [0.15, 0.2) is 30.4 Å². The van der Waals surface area contributed by atoms with Gasteiger partial charge < -0.3 is 0 Å². The quantitative estimate of drug-likeness (QED) is 0.562. The van der Waals surface area contributed by atoms with Gasteiger partial charge in [0.2, 0.25) is 11.8 Å². The molecule has 0 spiro atoms. The lowest BCUT2D eigenvalue weighted by Crippen LogP contribution is -2.38. The van der Waals surface area contributed by atoms with E-state index >= 15 is 0 Å². The Morgan fingerprint density at radius 2 is 1.54 bits per heavy atom. The first kappa shape index (κ1) is 15.7. The molecule has 4 aliphatic rings. The lowest BCUT2D eigenvalue weighted by molar-refractivity contribution is -0.137. The average Bonchev–Trinajstić information content (AvgIpc) is 2.82. The largest absolute Gasteiger partial charge is 0.416 e. The first-order valence-electron chi connectivity index (χ1n) is 7.72. The summed E-state index contributed by atoms with van der Waals surface area (Å²) in [7, 11) is 0. The summed E-state index contributed by atoms with van der Waals surface area (Å²) in [6.07, 6.45) is 0.991. The summed E-state index contributed by atoms with van der Waals surface area (Å²) in [5.74, 6) is -1.88. The van der Waals surface area contributed by atoms with Crippen LogP contribution in [0.2, 0.25) is 5.02 Å². The van der Waals surface area contributed by atoms with Crippen LogP contribution in [0.4, 0.5) is 18.9 Å². The number of alkyl halides is 3. The molecule has 1 aliphatic heterocycles. The minimum Gasteiger partial charge on any atom is -0.274 e. The predicted molar refractivity (Wildman–Crippen MR) is 81.3 cm³/mol. The van der Waals surface area contributed by atoms with Gasteiger partial charge in [-0.15, -0.1) is 0 Å². The van der Waals surface area contributed by atoms with Crippen molar-refractivity contribution in [2.45, 2.75) is 19.0 Å². The fourth-order valence-corrected chi connectivity index (χ4v) is 4.37. The van der Waals surface area contributed by atoms with Gasteiger partial charge in [0.15, 0.2) is 0 Å². The lowest BCUT2D eigenvalue weighted by atomic mass is 9.63. The maximum atomic E-state index is 13.0. The number of carbonyl (C=O) groups is 2. The first-order valence-corrected chi connectivity index (χ1v) is 8.09. The van der Waals surface area contributed by atoms with Gasteiger partial charge in [0.05, 0.1) is 28.1 Å². The molecule has 1 aromatic carbocycles. The predicted octanol–water partition coefficient (Wildman–Crippen LogP) is 4.06.